The fourth-order valence-electron chi connectivity index (χ4n) is 2.81. The van der Waals surface area contributed by atoms with Gasteiger partial charge in [0.25, 0.3) is 0 Å². The van der Waals surface area contributed by atoms with Gasteiger partial charge >= 0.3 is 5.37 Å². The summed E-state index contributed by atoms with van der Waals surface area (Å²) in [4.78, 5) is 15.1. The summed E-state index contributed by atoms with van der Waals surface area (Å²) >= 11 is 12.0. The molecule has 0 atom stereocenters. The SMILES string of the molecule is O=C(Cl)N1CCN(Cc2ccc(-c3ccccc3)cc2Cl)CC1. The predicted molar refractivity (Wildman–Crippen MR) is 95.0 cm³/mol. The molecular weight excluding hydrogens is 331 g/mol. The first-order valence-corrected chi connectivity index (χ1v) is 8.40. The van der Waals surface area contributed by atoms with Crippen molar-refractivity contribution in [3.05, 3.63) is 59.1 Å². The lowest BCUT2D eigenvalue weighted by molar-refractivity contribution is 0.148. The summed E-state index contributed by atoms with van der Waals surface area (Å²) in [6, 6.07) is 16.4. The number of benzene rings is 2. The van der Waals surface area contributed by atoms with E-state index in [2.05, 4.69) is 29.2 Å². The van der Waals surface area contributed by atoms with Crippen LogP contribution in [0.2, 0.25) is 5.02 Å². The third-order valence-corrected chi connectivity index (χ3v) is 4.77. The van der Waals surface area contributed by atoms with Crippen molar-refractivity contribution in [2.75, 3.05) is 26.2 Å². The van der Waals surface area contributed by atoms with Crippen LogP contribution in [0.25, 0.3) is 11.1 Å². The molecule has 0 unspecified atom stereocenters. The second kappa shape index (κ2) is 7.35. The second-order valence-corrected chi connectivity index (χ2v) is 6.42. The standard InChI is InChI=1S/C18H18Cl2N2O/c19-17-12-15(14-4-2-1-3-5-14)6-7-16(17)13-21-8-10-22(11-9-21)18(20)23/h1-7,12H,8-11,13H2. The molecule has 0 saturated carbocycles. The normalized spacial score (nSPS) is 15.7. The summed E-state index contributed by atoms with van der Waals surface area (Å²) in [7, 11) is 0. The van der Waals surface area contributed by atoms with Gasteiger partial charge in [0, 0.05) is 37.7 Å². The van der Waals surface area contributed by atoms with Gasteiger partial charge in [0.05, 0.1) is 0 Å². The third kappa shape index (κ3) is 4.05. The molecule has 1 heterocycles. The number of carbonyl (C=O) groups is 1. The van der Waals surface area contributed by atoms with Crippen molar-refractivity contribution in [1.82, 2.24) is 9.80 Å². The van der Waals surface area contributed by atoms with E-state index in [4.69, 9.17) is 23.2 Å². The zero-order chi connectivity index (χ0) is 16.2. The fraction of sp³-hybridized carbons (Fsp3) is 0.278. The molecular formula is C18H18Cl2N2O. The Bertz CT molecular complexity index is 683. The maximum absolute atomic E-state index is 11.1. The van der Waals surface area contributed by atoms with E-state index in [1.54, 1.807) is 4.90 Å². The maximum Gasteiger partial charge on any atom is 0.316 e. The monoisotopic (exact) mass is 348 g/mol. The van der Waals surface area contributed by atoms with Gasteiger partial charge in [-0.2, -0.15) is 0 Å². The Labute approximate surface area is 146 Å². The number of hydrogen-bond acceptors (Lipinski definition) is 2. The van der Waals surface area contributed by atoms with Crippen LogP contribution >= 0.6 is 23.2 Å². The summed E-state index contributed by atoms with van der Waals surface area (Å²) in [6.07, 6.45) is 0. The Hall–Kier alpha value is -1.55. The molecule has 0 radical (unpaired) electrons. The number of nitrogens with zero attached hydrogens (tertiary/aromatic N) is 2. The van der Waals surface area contributed by atoms with Gasteiger partial charge in [-0.3, -0.25) is 9.69 Å². The van der Waals surface area contributed by atoms with Crippen molar-refractivity contribution in [1.29, 1.82) is 0 Å². The molecule has 0 aliphatic carbocycles. The first-order chi connectivity index (χ1) is 11.1. The number of carbonyl (C=O) groups excluding carboxylic acids is 1. The van der Waals surface area contributed by atoms with Crippen LogP contribution in [0.5, 0.6) is 0 Å². The van der Waals surface area contributed by atoms with E-state index in [0.717, 1.165) is 41.3 Å². The van der Waals surface area contributed by atoms with Gasteiger partial charge in [-0.15, -0.1) is 0 Å². The molecule has 1 aliphatic rings. The van der Waals surface area contributed by atoms with Gasteiger partial charge in [0.2, 0.25) is 0 Å². The molecule has 5 heteroatoms. The van der Waals surface area contributed by atoms with Gasteiger partial charge < -0.3 is 4.90 Å². The lowest BCUT2D eigenvalue weighted by Crippen LogP contribution is -2.46. The molecule has 3 nitrogen and oxygen atoms in total. The Balaban J connectivity index is 1.67. The van der Waals surface area contributed by atoms with Gasteiger partial charge in [0.15, 0.2) is 0 Å². The van der Waals surface area contributed by atoms with Crippen LogP contribution in [0.3, 0.4) is 0 Å². The lowest BCUT2D eigenvalue weighted by Gasteiger charge is -2.33. The molecule has 1 fully saturated rings. The topological polar surface area (TPSA) is 23.6 Å². The van der Waals surface area contributed by atoms with Crippen LogP contribution in [0.4, 0.5) is 4.79 Å². The van der Waals surface area contributed by atoms with Gasteiger partial charge in [0.1, 0.15) is 0 Å². The Kier molecular flexibility index (Phi) is 5.21. The van der Waals surface area contributed by atoms with Crippen molar-refractivity contribution in [2.45, 2.75) is 6.54 Å². The van der Waals surface area contributed by atoms with Crippen LogP contribution < -0.4 is 0 Å². The molecule has 1 aliphatic heterocycles. The van der Waals surface area contributed by atoms with Crippen molar-refractivity contribution >= 4 is 28.6 Å². The molecule has 2 aromatic rings. The maximum atomic E-state index is 11.1. The highest BCUT2D eigenvalue weighted by Gasteiger charge is 2.20. The quantitative estimate of drug-likeness (QED) is 0.602. The molecule has 1 amide bonds. The fourth-order valence-corrected chi connectivity index (χ4v) is 3.22. The van der Waals surface area contributed by atoms with E-state index in [9.17, 15) is 4.79 Å². The van der Waals surface area contributed by atoms with E-state index in [0.29, 0.717) is 13.1 Å². The molecule has 1 saturated heterocycles. The molecule has 0 N–H and O–H groups in total. The molecule has 3 rings (SSSR count). The zero-order valence-corrected chi connectivity index (χ0v) is 14.2. The number of hydrogen-bond donors (Lipinski definition) is 0. The van der Waals surface area contributed by atoms with Gasteiger partial charge in [-0.25, -0.2) is 0 Å². The minimum atomic E-state index is -0.366. The highest BCUT2D eigenvalue weighted by Crippen LogP contribution is 2.26. The largest absolute Gasteiger partial charge is 0.327 e. The number of rotatable bonds is 3. The first kappa shape index (κ1) is 16.3. The van der Waals surface area contributed by atoms with Crippen molar-refractivity contribution in [3.8, 4) is 11.1 Å². The van der Waals surface area contributed by atoms with Crippen LogP contribution in [0, 0.1) is 0 Å². The molecule has 0 bridgehead atoms. The molecule has 0 aromatic heterocycles. The Morgan fingerprint density at radius 3 is 2.26 bits per heavy atom. The summed E-state index contributed by atoms with van der Waals surface area (Å²) < 4.78 is 0. The average molecular weight is 349 g/mol. The summed E-state index contributed by atoms with van der Waals surface area (Å²) in [5.41, 5.74) is 3.39. The lowest BCUT2D eigenvalue weighted by atomic mass is 10.0. The highest BCUT2D eigenvalue weighted by atomic mass is 35.5. The summed E-state index contributed by atoms with van der Waals surface area (Å²) in [5, 5.41) is 0.414. The Morgan fingerprint density at radius 2 is 1.65 bits per heavy atom. The second-order valence-electron chi connectivity index (χ2n) is 5.69. The number of piperazine rings is 1. The van der Waals surface area contributed by atoms with E-state index < -0.39 is 0 Å². The zero-order valence-electron chi connectivity index (χ0n) is 12.7. The third-order valence-electron chi connectivity index (χ3n) is 4.18. The summed E-state index contributed by atoms with van der Waals surface area (Å²) in [6.45, 7) is 3.76. The predicted octanol–water partition coefficient (Wildman–Crippen LogP) is 4.48. The van der Waals surface area contributed by atoms with E-state index in [1.165, 1.54) is 0 Å². The first-order valence-electron chi connectivity index (χ1n) is 7.64. The van der Waals surface area contributed by atoms with Gasteiger partial charge in [-0.1, -0.05) is 54.1 Å². The molecule has 120 valence electrons. The van der Waals surface area contributed by atoms with Crippen LogP contribution in [0.15, 0.2) is 48.5 Å². The van der Waals surface area contributed by atoms with E-state index >= 15 is 0 Å². The number of amides is 1. The van der Waals surface area contributed by atoms with E-state index in [-0.39, 0.29) is 5.37 Å². The average Bonchev–Trinajstić information content (AvgIpc) is 2.58. The van der Waals surface area contributed by atoms with Crippen LogP contribution in [-0.2, 0) is 6.54 Å². The van der Waals surface area contributed by atoms with E-state index in [1.807, 2.05) is 24.3 Å². The summed E-state index contributed by atoms with van der Waals surface area (Å²) in [5.74, 6) is 0. The van der Waals surface area contributed by atoms with Crippen molar-refractivity contribution < 1.29 is 4.79 Å². The minimum absolute atomic E-state index is 0.366. The van der Waals surface area contributed by atoms with Crippen LogP contribution in [-0.4, -0.2) is 41.3 Å². The van der Waals surface area contributed by atoms with Crippen molar-refractivity contribution in [2.24, 2.45) is 0 Å². The molecule has 23 heavy (non-hydrogen) atoms. The Morgan fingerprint density at radius 1 is 0.957 bits per heavy atom. The van der Waals surface area contributed by atoms with Crippen molar-refractivity contribution in [3.63, 3.8) is 0 Å². The molecule has 0 spiro atoms. The highest BCUT2D eigenvalue weighted by molar-refractivity contribution is 6.62. The van der Waals surface area contributed by atoms with Gasteiger partial charge in [-0.05, 0) is 34.4 Å². The number of halogens is 2. The van der Waals surface area contributed by atoms with Crippen LogP contribution in [0.1, 0.15) is 5.56 Å². The smallest absolute Gasteiger partial charge is 0.316 e. The molecule has 2 aromatic carbocycles. The minimum Gasteiger partial charge on any atom is -0.327 e.